The molecule has 1 saturated carbocycles. The van der Waals surface area contributed by atoms with Crippen LogP contribution >= 0.6 is 0 Å². The van der Waals surface area contributed by atoms with Crippen molar-refractivity contribution in [2.45, 2.75) is 38.6 Å². The molecule has 2 aliphatic rings. The van der Waals surface area contributed by atoms with Crippen LogP contribution in [0.1, 0.15) is 32.6 Å². The molecule has 2 fully saturated rings. The van der Waals surface area contributed by atoms with E-state index in [0.717, 1.165) is 32.1 Å². The van der Waals surface area contributed by atoms with Crippen molar-refractivity contribution in [2.24, 2.45) is 5.92 Å². The van der Waals surface area contributed by atoms with Crippen LogP contribution in [0.5, 0.6) is 0 Å². The molecule has 0 aromatic carbocycles. The molecule has 104 valence electrons. The minimum Gasteiger partial charge on any atom is -0.339 e. The second kappa shape index (κ2) is 6.53. The first-order valence-corrected chi connectivity index (χ1v) is 7.37. The zero-order chi connectivity index (χ0) is 13.0. The lowest BCUT2D eigenvalue weighted by Gasteiger charge is -2.37. The number of carbonyl (C=O) groups is 1. The van der Waals surface area contributed by atoms with E-state index in [9.17, 15) is 4.79 Å². The molecule has 1 amide bonds. The van der Waals surface area contributed by atoms with E-state index in [1.54, 1.807) is 0 Å². The second-order valence-corrected chi connectivity index (χ2v) is 5.87. The lowest BCUT2D eigenvalue weighted by Crippen LogP contribution is -2.51. The SMILES string of the molecule is CC1CCCCC1N(C)CC(=O)N1CCNCC1. The molecule has 2 unspecified atom stereocenters. The predicted molar refractivity (Wildman–Crippen MR) is 73.5 cm³/mol. The average molecular weight is 253 g/mol. The number of nitrogens with zero attached hydrogens (tertiary/aromatic N) is 2. The molecule has 18 heavy (non-hydrogen) atoms. The van der Waals surface area contributed by atoms with Gasteiger partial charge in [0.2, 0.25) is 5.91 Å². The quantitative estimate of drug-likeness (QED) is 0.813. The number of rotatable bonds is 3. The second-order valence-electron chi connectivity index (χ2n) is 5.87. The molecule has 0 aromatic rings. The van der Waals surface area contributed by atoms with Gasteiger partial charge < -0.3 is 10.2 Å². The minimum absolute atomic E-state index is 0.303. The summed E-state index contributed by atoms with van der Waals surface area (Å²) >= 11 is 0. The van der Waals surface area contributed by atoms with E-state index in [1.807, 2.05) is 4.90 Å². The number of nitrogens with one attached hydrogen (secondary N) is 1. The van der Waals surface area contributed by atoms with Crippen LogP contribution in [0.3, 0.4) is 0 Å². The fourth-order valence-corrected chi connectivity index (χ4v) is 3.30. The van der Waals surface area contributed by atoms with E-state index in [0.29, 0.717) is 18.5 Å². The van der Waals surface area contributed by atoms with Gasteiger partial charge in [0, 0.05) is 32.2 Å². The molecular weight excluding hydrogens is 226 g/mol. The lowest BCUT2D eigenvalue weighted by atomic mass is 9.85. The Morgan fingerprint density at radius 2 is 1.94 bits per heavy atom. The Bertz CT molecular complexity index is 276. The molecule has 2 rings (SSSR count). The number of hydrogen-bond acceptors (Lipinski definition) is 3. The Hall–Kier alpha value is -0.610. The first-order chi connectivity index (χ1) is 8.68. The van der Waals surface area contributed by atoms with Crippen molar-refractivity contribution in [1.29, 1.82) is 0 Å². The minimum atomic E-state index is 0.303. The Balaban J connectivity index is 1.81. The molecule has 0 spiro atoms. The summed E-state index contributed by atoms with van der Waals surface area (Å²) in [4.78, 5) is 16.5. The van der Waals surface area contributed by atoms with Gasteiger partial charge in [0.15, 0.2) is 0 Å². The largest absolute Gasteiger partial charge is 0.339 e. The molecular formula is C14H27N3O. The van der Waals surface area contributed by atoms with Gasteiger partial charge in [0.1, 0.15) is 0 Å². The van der Waals surface area contributed by atoms with E-state index in [1.165, 1.54) is 25.7 Å². The van der Waals surface area contributed by atoms with E-state index in [2.05, 4.69) is 24.2 Å². The fraction of sp³-hybridized carbons (Fsp3) is 0.929. The van der Waals surface area contributed by atoms with Crippen LogP contribution in [-0.4, -0.2) is 61.5 Å². The van der Waals surface area contributed by atoms with E-state index in [4.69, 9.17) is 0 Å². The Morgan fingerprint density at radius 1 is 1.28 bits per heavy atom. The summed E-state index contributed by atoms with van der Waals surface area (Å²) in [7, 11) is 2.12. The summed E-state index contributed by atoms with van der Waals surface area (Å²) in [6.07, 6.45) is 5.25. The van der Waals surface area contributed by atoms with Gasteiger partial charge in [-0.15, -0.1) is 0 Å². The summed E-state index contributed by atoms with van der Waals surface area (Å²) in [5.41, 5.74) is 0. The number of hydrogen-bond donors (Lipinski definition) is 1. The molecule has 0 radical (unpaired) electrons. The van der Waals surface area contributed by atoms with Crippen LogP contribution in [-0.2, 0) is 4.79 Å². The van der Waals surface area contributed by atoms with Crippen LogP contribution in [0.15, 0.2) is 0 Å². The highest BCUT2D eigenvalue weighted by Gasteiger charge is 2.27. The predicted octanol–water partition coefficient (Wildman–Crippen LogP) is 0.929. The highest BCUT2D eigenvalue weighted by atomic mass is 16.2. The van der Waals surface area contributed by atoms with Gasteiger partial charge in [-0.05, 0) is 25.8 Å². The van der Waals surface area contributed by atoms with Crippen LogP contribution in [0.2, 0.25) is 0 Å². The zero-order valence-corrected chi connectivity index (χ0v) is 11.8. The molecule has 1 saturated heterocycles. The lowest BCUT2D eigenvalue weighted by molar-refractivity contribution is -0.133. The smallest absolute Gasteiger partial charge is 0.236 e. The Kier molecular flexibility index (Phi) is 5.01. The maximum atomic E-state index is 12.2. The summed E-state index contributed by atoms with van der Waals surface area (Å²) in [5, 5.41) is 3.29. The van der Waals surface area contributed by atoms with Crippen molar-refractivity contribution >= 4 is 5.91 Å². The van der Waals surface area contributed by atoms with Crippen LogP contribution in [0.25, 0.3) is 0 Å². The van der Waals surface area contributed by atoms with Crippen LogP contribution < -0.4 is 5.32 Å². The van der Waals surface area contributed by atoms with Gasteiger partial charge in [-0.25, -0.2) is 0 Å². The van der Waals surface area contributed by atoms with Crippen molar-refractivity contribution in [2.75, 3.05) is 39.8 Å². The van der Waals surface area contributed by atoms with Crippen molar-refractivity contribution in [1.82, 2.24) is 15.1 Å². The Labute approximate surface area is 111 Å². The summed E-state index contributed by atoms with van der Waals surface area (Å²) in [6, 6.07) is 0.602. The van der Waals surface area contributed by atoms with Gasteiger partial charge in [0.05, 0.1) is 6.54 Å². The summed E-state index contributed by atoms with van der Waals surface area (Å²) < 4.78 is 0. The van der Waals surface area contributed by atoms with Crippen molar-refractivity contribution in [3.8, 4) is 0 Å². The molecule has 1 aliphatic heterocycles. The molecule has 1 heterocycles. The third kappa shape index (κ3) is 3.45. The molecule has 2 atom stereocenters. The van der Waals surface area contributed by atoms with Gasteiger partial charge in [-0.1, -0.05) is 19.8 Å². The van der Waals surface area contributed by atoms with Gasteiger partial charge in [-0.3, -0.25) is 9.69 Å². The van der Waals surface area contributed by atoms with Crippen LogP contribution in [0.4, 0.5) is 0 Å². The third-order valence-corrected chi connectivity index (χ3v) is 4.49. The number of piperazine rings is 1. The number of likely N-dealkylation sites (N-methyl/N-ethyl adjacent to an activating group) is 1. The first-order valence-electron chi connectivity index (χ1n) is 7.37. The third-order valence-electron chi connectivity index (χ3n) is 4.49. The maximum Gasteiger partial charge on any atom is 0.236 e. The van der Waals surface area contributed by atoms with Crippen LogP contribution in [0, 0.1) is 5.92 Å². The van der Waals surface area contributed by atoms with E-state index < -0.39 is 0 Å². The molecule has 1 aliphatic carbocycles. The molecule has 0 aromatic heterocycles. The van der Waals surface area contributed by atoms with Crippen molar-refractivity contribution in [3.63, 3.8) is 0 Å². The highest BCUT2D eigenvalue weighted by Crippen LogP contribution is 2.27. The Morgan fingerprint density at radius 3 is 2.61 bits per heavy atom. The standard InChI is InChI=1S/C14H27N3O/c1-12-5-3-4-6-13(12)16(2)11-14(18)17-9-7-15-8-10-17/h12-13,15H,3-11H2,1-2H3. The van der Waals surface area contributed by atoms with Gasteiger partial charge in [0.25, 0.3) is 0 Å². The maximum absolute atomic E-state index is 12.2. The van der Waals surface area contributed by atoms with Gasteiger partial charge in [-0.2, -0.15) is 0 Å². The molecule has 4 nitrogen and oxygen atoms in total. The number of amides is 1. The fourth-order valence-electron chi connectivity index (χ4n) is 3.30. The number of carbonyl (C=O) groups excluding carboxylic acids is 1. The highest BCUT2D eigenvalue weighted by molar-refractivity contribution is 5.78. The van der Waals surface area contributed by atoms with E-state index in [-0.39, 0.29) is 0 Å². The van der Waals surface area contributed by atoms with Crippen molar-refractivity contribution < 1.29 is 4.79 Å². The average Bonchev–Trinajstić information content (AvgIpc) is 2.40. The summed E-state index contributed by atoms with van der Waals surface area (Å²) in [6.45, 7) is 6.54. The van der Waals surface area contributed by atoms with E-state index >= 15 is 0 Å². The molecule has 0 bridgehead atoms. The first kappa shape index (κ1) is 13.8. The zero-order valence-electron chi connectivity index (χ0n) is 11.8. The molecule has 4 heteroatoms. The van der Waals surface area contributed by atoms with Crippen molar-refractivity contribution in [3.05, 3.63) is 0 Å². The normalized spacial score (nSPS) is 29.6. The summed E-state index contributed by atoms with van der Waals surface area (Å²) in [5.74, 6) is 1.04. The monoisotopic (exact) mass is 253 g/mol. The topological polar surface area (TPSA) is 35.6 Å². The molecule has 1 N–H and O–H groups in total. The van der Waals surface area contributed by atoms with Gasteiger partial charge >= 0.3 is 0 Å².